The molecular formula is C20H24F6N2O5. The molecule has 1 aromatic rings. The van der Waals surface area contributed by atoms with Crippen LogP contribution in [0, 0.1) is 5.92 Å². The summed E-state index contributed by atoms with van der Waals surface area (Å²) in [5.41, 5.74) is 4.09. The van der Waals surface area contributed by atoms with E-state index < -0.39 is 24.3 Å². The minimum atomic E-state index is -5.08. The Kier molecular flexibility index (Phi) is 9.06. The van der Waals surface area contributed by atoms with E-state index in [9.17, 15) is 26.3 Å². The number of carboxylic acid groups (broad SMARTS) is 2. The normalized spacial score (nSPS) is 23.5. The lowest BCUT2D eigenvalue weighted by molar-refractivity contribution is -0.193. The zero-order valence-electron chi connectivity index (χ0n) is 17.4. The molecule has 0 amide bonds. The maximum Gasteiger partial charge on any atom is 0.490 e. The van der Waals surface area contributed by atoms with Gasteiger partial charge in [0.1, 0.15) is 0 Å². The smallest absolute Gasteiger partial charge is 0.475 e. The van der Waals surface area contributed by atoms with Gasteiger partial charge < -0.3 is 20.3 Å². The first-order valence-corrected chi connectivity index (χ1v) is 10.2. The van der Waals surface area contributed by atoms with Gasteiger partial charge in [0.05, 0.1) is 18.4 Å². The van der Waals surface area contributed by atoms with Gasteiger partial charge in [0.15, 0.2) is 0 Å². The lowest BCUT2D eigenvalue weighted by Crippen LogP contribution is -2.34. The molecule has 1 aromatic heterocycles. The second kappa shape index (κ2) is 11.1. The van der Waals surface area contributed by atoms with Crippen LogP contribution in [0.25, 0.3) is 0 Å². The van der Waals surface area contributed by atoms with Gasteiger partial charge in [0.25, 0.3) is 0 Å². The lowest BCUT2D eigenvalue weighted by atomic mass is 9.93. The number of hydrogen-bond donors (Lipinski definition) is 3. The molecule has 3 atom stereocenters. The Morgan fingerprint density at radius 1 is 1.00 bits per heavy atom. The van der Waals surface area contributed by atoms with Crippen LogP contribution in [0.4, 0.5) is 26.3 Å². The molecule has 3 aliphatic rings. The van der Waals surface area contributed by atoms with Gasteiger partial charge in [-0.3, -0.25) is 4.98 Å². The molecule has 186 valence electrons. The average Bonchev–Trinajstić information content (AvgIpc) is 3.35. The second-order valence-electron chi connectivity index (χ2n) is 7.94. The van der Waals surface area contributed by atoms with Crippen molar-refractivity contribution in [1.29, 1.82) is 0 Å². The topological polar surface area (TPSA) is 109 Å². The van der Waals surface area contributed by atoms with E-state index in [2.05, 4.69) is 22.6 Å². The SMILES string of the molecule is O=C(O)C(F)(F)F.O=C(O)C(F)(F)F.c1nc(CO[C@H]2C[C@H]3C[C@@H]2CN3)cc2c1CCCC2. The van der Waals surface area contributed by atoms with Crippen molar-refractivity contribution in [2.45, 2.75) is 69.6 Å². The quantitative estimate of drug-likeness (QED) is 0.562. The van der Waals surface area contributed by atoms with E-state index >= 15 is 0 Å². The van der Waals surface area contributed by atoms with Gasteiger partial charge in [0, 0.05) is 18.8 Å². The fourth-order valence-corrected chi connectivity index (χ4v) is 3.92. The fourth-order valence-electron chi connectivity index (χ4n) is 3.92. The van der Waals surface area contributed by atoms with Crippen LogP contribution in [0.3, 0.4) is 0 Å². The summed E-state index contributed by atoms with van der Waals surface area (Å²) in [6, 6.07) is 2.99. The summed E-state index contributed by atoms with van der Waals surface area (Å²) >= 11 is 0. The number of hydrogen-bond acceptors (Lipinski definition) is 5. The number of piperidine rings is 1. The summed E-state index contributed by atoms with van der Waals surface area (Å²) in [7, 11) is 0. The monoisotopic (exact) mass is 486 g/mol. The zero-order valence-corrected chi connectivity index (χ0v) is 17.4. The first kappa shape index (κ1) is 26.8. The molecule has 13 heteroatoms. The van der Waals surface area contributed by atoms with E-state index in [1.807, 2.05) is 0 Å². The lowest BCUT2D eigenvalue weighted by Gasteiger charge is -2.23. The summed E-state index contributed by atoms with van der Waals surface area (Å²) < 4.78 is 69.6. The Balaban J connectivity index is 0.000000230. The van der Waals surface area contributed by atoms with Crippen LogP contribution in [-0.4, -0.2) is 58.2 Å². The number of nitrogens with one attached hydrogen (secondary N) is 1. The number of nitrogens with zero attached hydrogens (tertiary/aromatic N) is 1. The van der Waals surface area contributed by atoms with Crippen molar-refractivity contribution in [2.24, 2.45) is 5.92 Å². The Labute approximate surface area is 185 Å². The standard InChI is InChI=1S/C16H22N2O.2C2HF3O2/c1-2-4-12-8-18-15(5-11(12)3-1)10-19-16-7-14-6-13(16)9-17-14;2*3-2(4,5)1(6)7/h5,8,13-14,16-17H,1-4,6-7,9-10H2;2*(H,6,7)/t13-,14-,16+;;/m1../s1. The zero-order chi connectivity index (χ0) is 24.8. The number of aliphatic carboxylic acids is 2. The van der Waals surface area contributed by atoms with Crippen molar-refractivity contribution in [3.05, 3.63) is 29.1 Å². The molecule has 1 saturated heterocycles. The third-order valence-electron chi connectivity index (χ3n) is 5.51. The van der Waals surface area contributed by atoms with Gasteiger partial charge in [-0.25, -0.2) is 9.59 Å². The van der Waals surface area contributed by atoms with Crippen LogP contribution in [0.1, 0.15) is 42.5 Å². The Bertz CT molecular complexity index is 806. The molecular weight excluding hydrogens is 462 g/mol. The Morgan fingerprint density at radius 3 is 2.00 bits per heavy atom. The summed E-state index contributed by atoms with van der Waals surface area (Å²) in [6.07, 6.45) is -0.0420. The van der Waals surface area contributed by atoms with Crippen molar-refractivity contribution < 1.29 is 50.9 Å². The maximum absolute atomic E-state index is 10.6. The highest BCUT2D eigenvalue weighted by molar-refractivity contribution is 5.73. The Hall–Kier alpha value is -2.41. The van der Waals surface area contributed by atoms with Crippen LogP contribution in [0.2, 0.25) is 0 Å². The van der Waals surface area contributed by atoms with Gasteiger partial charge in [-0.1, -0.05) is 0 Å². The third-order valence-corrected chi connectivity index (χ3v) is 5.51. The van der Waals surface area contributed by atoms with E-state index in [4.69, 9.17) is 24.5 Å². The molecule has 1 saturated carbocycles. The number of pyridine rings is 1. The number of halogens is 6. The number of fused-ring (bicyclic) bond motifs is 3. The van der Waals surface area contributed by atoms with Gasteiger partial charge in [-0.15, -0.1) is 0 Å². The molecule has 7 nitrogen and oxygen atoms in total. The molecule has 1 aliphatic heterocycles. The molecule has 2 fully saturated rings. The highest BCUT2D eigenvalue weighted by Gasteiger charge is 2.40. The van der Waals surface area contributed by atoms with Crippen molar-refractivity contribution in [3.8, 4) is 0 Å². The van der Waals surface area contributed by atoms with E-state index in [0.29, 0.717) is 18.8 Å². The average molecular weight is 486 g/mol. The predicted octanol–water partition coefficient (Wildman–Crippen LogP) is 3.49. The molecule has 3 N–H and O–H groups in total. The van der Waals surface area contributed by atoms with Crippen molar-refractivity contribution in [1.82, 2.24) is 10.3 Å². The third kappa shape index (κ3) is 8.46. The van der Waals surface area contributed by atoms with Gasteiger partial charge in [-0.05, 0) is 61.6 Å². The predicted molar refractivity (Wildman–Crippen MR) is 101 cm³/mol. The van der Waals surface area contributed by atoms with Crippen LogP contribution in [-0.2, 0) is 33.8 Å². The number of alkyl halides is 6. The van der Waals surface area contributed by atoms with Crippen molar-refractivity contribution >= 4 is 11.9 Å². The minimum absolute atomic E-state index is 0.462. The largest absolute Gasteiger partial charge is 0.490 e. The van der Waals surface area contributed by atoms with Gasteiger partial charge in [-0.2, -0.15) is 26.3 Å². The first-order chi connectivity index (χ1) is 15.3. The van der Waals surface area contributed by atoms with Gasteiger partial charge in [0.2, 0.25) is 0 Å². The highest BCUT2D eigenvalue weighted by atomic mass is 19.4. The molecule has 2 heterocycles. The number of aromatic nitrogens is 1. The second-order valence-corrected chi connectivity index (χ2v) is 7.94. The number of rotatable bonds is 3. The maximum atomic E-state index is 10.6. The molecule has 0 radical (unpaired) electrons. The van der Waals surface area contributed by atoms with Crippen LogP contribution < -0.4 is 5.32 Å². The molecule has 0 unspecified atom stereocenters. The van der Waals surface area contributed by atoms with Crippen molar-refractivity contribution in [2.75, 3.05) is 6.54 Å². The molecule has 4 rings (SSSR count). The van der Waals surface area contributed by atoms with Crippen LogP contribution >= 0.6 is 0 Å². The molecule has 2 aliphatic carbocycles. The summed E-state index contributed by atoms with van der Waals surface area (Å²) in [5, 5.41) is 17.8. The molecule has 33 heavy (non-hydrogen) atoms. The summed E-state index contributed by atoms with van der Waals surface area (Å²) in [5.74, 6) is -4.78. The van der Waals surface area contributed by atoms with Crippen LogP contribution in [0.15, 0.2) is 12.3 Å². The van der Waals surface area contributed by atoms with E-state index in [-0.39, 0.29) is 0 Å². The first-order valence-electron chi connectivity index (χ1n) is 10.2. The minimum Gasteiger partial charge on any atom is -0.475 e. The number of aryl methyl sites for hydroxylation is 2. The fraction of sp³-hybridized carbons (Fsp3) is 0.650. The number of carbonyl (C=O) groups is 2. The van der Waals surface area contributed by atoms with E-state index in [1.54, 1.807) is 0 Å². The van der Waals surface area contributed by atoms with E-state index in [1.165, 1.54) is 49.7 Å². The molecule has 0 aromatic carbocycles. The molecule has 2 bridgehead atoms. The van der Waals surface area contributed by atoms with Crippen LogP contribution in [0.5, 0.6) is 0 Å². The highest BCUT2D eigenvalue weighted by Crippen LogP contribution is 2.34. The number of carboxylic acids is 2. The van der Waals surface area contributed by atoms with E-state index in [0.717, 1.165) is 18.2 Å². The Morgan fingerprint density at radius 2 is 1.55 bits per heavy atom. The summed E-state index contributed by atoms with van der Waals surface area (Å²) in [6.45, 7) is 1.84. The molecule has 0 spiro atoms. The van der Waals surface area contributed by atoms with Crippen molar-refractivity contribution in [3.63, 3.8) is 0 Å². The summed E-state index contributed by atoms with van der Waals surface area (Å²) in [4.78, 5) is 22.4. The number of ether oxygens (including phenoxy) is 1. The van der Waals surface area contributed by atoms with Gasteiger partial charge >= 0.3 is 24.3 Å².